The molecule has 5 heteroatoms. The van der Waals surface area contributed by atoms with Crippen molar-refractivity contribution in [3.05, 3.63) is 65.2 Å². The molecule has 2 aromatic carbocycles. The first-order valence-corrected chi connectivity index (χ1v) is 8.53. The zero-order chi connectivity index (χ0) is 17.4. The van der Waals surface area contributed by atoms with E-state index >= 15 is 0 Å². The maximum atomic E-state index is 13.3. The van der Waals surface area contributed by atoms with Crippen LogP contribution in [0.2, 0.25) is 0 Å². The van der Waals surface area contributed by atoms with Gasteiger partial charge in [-0.1, -0.05) is 31.2 Å². The average molecular weight is 337 g/mol. The minimum Gasteiger partial charge on any atom is -0.348 e. The molecule has 4 nitrogen and oxygen atoms in total. The molecule has 1 aliphatic rings. The molecule has 1 amide bonds. The number of rotatable bonds is 3. The summed E-state index contributed by atoms with van der Waals surface area (Å²) in [6.45, 7) is 2.33. The molecule has 0 spiro atoms. The van der Waals surface area contributed by atoms with Crippen LogP contribution in [0.4, 0.5) is 4.39 Å². The van der Waals surface area contributed by atoms with Gasteiger partial charge in [0.05, 0.1) is 23.0 Å². The molecule has 1 heterocycles. The van der Waals surface area contributed by atoms with E-state index in [1.54, 1.807) is 6.07 Å². The van der Waals surface area contributed by atoms with E-state index in [9.17, 15) is 9.18 Å². The van der Waals surface area contributed by atoms with Crippen LogP contribution < -0.4 is 5.32 Å². The lowest BCUT2D eigenvalue weighted by Crippen LogP contribution is -2.42. The van der Waals surface area contributed by atoms with E-state index in [-0.39, 0.29) is 11.7 Å². The number of fused-ring (bicyclic) bond motifs is 2. The summed E-state index contributed by atoms with van der Waals surface area (Å²) in [6, 6.07) is 12.7. The van der Waals surface area contributed by atoms with Gasteiger partial charge in [0, 0.05) is 0 Å². The number of hydrogen-bond acceptors (Lipinski definition) is 2. The fourth-order valence-electron chi connectivity index (χ4n) is 3.58. The van der Waals surface area contributed by atoms with Crippen molar-refractivity contribution in [3.63, 3.8) is 0 Å². The van der Waals surface area contributed by atoms with Gasteiger partial charge in [0.2, 0.25) is 5.91 Å². The third-order valence-electron chi connectivity index (χ3n) is 5.10. The van der Waals surface area contributed by atoms with Gasteiger partial charge in [0.15, 0.2) is 0 Å². The summed E-state index contributed by atoms with van der Waals surface area (Å²) in [5.74, 6) is 0.363. The summed E-state index contributed by atoms with van der Waals surface area (Å²) >= 11 is 0. The standard InChI is InChI=1S/C20H20FN3O/c1-20(9-8-13-4-2-3-5-14(13)11-20)19(25)22-12-18-23-16-7-6-15(21)10-17(16)24-18/h2-7,10H,8-9,11-12H2,1H3,(H,22,25)(H,23,24). The van der Waals surface area contributed by atoms with Crippen molar-refractivity contribution in [1.82, 2.24) is 15.3 Å². The van der Waals surface area contributed by atoms with Crippen LogP contribution in [-0.4, -0.2) is 15.9 Å². The molecule has 3 aromatic rings. The Morgan fingerprint density at radius 3 is 2.92 bits per heavy atom. The Morgan fingerprint density at radius 2 is 2.08 bits per heavy atom. The zero-order valence-electron chi connectivity index (χ0n) is 14.1. The van der Waals surface area contributed by atoms with E-state index in [4.69, 9.17) is 0 Å². The van der Waals surface area contributed by atoms with Crippen molar-refractivity contribution in [2.45, 2.75) is 32.7 Å². The van der Waals surface area contributed by atoms with E-state index in [0.717, 1.165) is 19.3 Å². The van der Waals surface area contributed by atoms with Crippen molar-refractivity contribution in [1.29, 1.82) is 0 Å². The molecule has 1 atom stereocenters. The molecule has 0 saturated carbocycles. The Morgan fingerprint density at radius 1 is 1.28 bits per heavy atom. The van der Waals surface area contributed by atoms with Crippen LogP contribution in [0.5, 0.6) is 0 Å². The number of nitrogens with zero attached hydrogens (tertiary/aromatic N) is 1. The Balaban J connectivity index is 1.46. The smallest absolute Gasteiger partial charge is 0.226 e. The van der Waals surface area contributed by atoms with Crippen molar-refractivity contribution >= 4 is 16.9 Å². The molecule has 128 valence electrons. The van der Waals surface area contributed by atoms with E-state index < -0.39 is 5.41 Å². The van der Waals surface area contributed by atoms with Crippen molar-refractivity contribution in [3.8, 4) is 0 Å². The zero-order valence-corrected chi connectivity index (χ0v) is 14.1. The van der Waals surface area contributed by atoms with Crippen LogP contribution in [-0.2, 0) is 24.2 Å². The highest BCUT2D eigenvalue weighted by molar-refractivity contribution is 5.83. The summed E-state index contributed by atoms with van der Waals surface area (Å²) < 4.78 is 13.3. The second-order valence-corrected chi connectivity index (χ2v) is 7.03. The highest BCUT2D eigenvalue weighted by Crippen LogP contribution is 2.35. The molecular weight excluding hydrogens is 317 g/mol. The lowest BCUT2D eigenvalue weighted by Gasteiger charge is -2.33. The molecule has 0 fully saturated rings. The number of carbonyl (C=O) groups excluding carboxylic acids is 1. The highest BCUT2D eigenvalue weighted by Gasteiger charge is 2.36. The number of hydrogen-bond donors (Lipinski definition) is 2. The SMILES string of the molecule is CC1(C(=O)NCc2nc3ccc(F)cc3[nH]2)CCc2ccccc2C1. The molecular formula is C20H20FN3O. The summed E-state index contributed by atoms with van der Waals surface area (Å²) in [7, 11) is 0. The van der Waals surface area contributed by atoms with E-state index in [0.29, 0.717) is 23.4 Å². The minimum absolute atomic E-state index is 0.0358. The van der Waals surface area contributed by atoms with Gasteiger partial charge in [-0.2, -0.15) is 0 Å². The molecule has 4 rings (SSSR count). The quantitative estimate of drug-likeness (QED) is 0.768. The predicted octanol–water partition coefficient (Wildman–Crippen LogP) is 3.51. The topological polar surface area (TPSA) is 57.8 Å². The summed E-state index contributed by atoms with van der Waals surface area (Å²) in [6.07, 6.45) is 2.51. The highest BCUT2D eigenvalue weighted by atomic mass is 19.1. The molecule has 2 N–H and O–H groups in total. The number of amides is 1. The van der Waals surface area contributed by atoms with Gasteiger partial charge in [0.1, 0.15) is 11.6 Å². The van der Waals surface area contributed by atoms with Crippen LogP contribution in [0.1, 0.15) is 30.3 Å². The van der Waals surface area contributed by atoms with E-state index in [1.807, 2.05) is 19.1 Å². The van der Waals surface area contributed by atoms with E-state index in [2.05, 4.69) is 27.4 Å². The van der Waals surface area contributed by atoms with Gasteiger partial charge in [0.25, 0.3) is 0 Å². The van der Waals surface area contributed by atoms with Gasteiger partial charge in [-0.05, 0) is 48.6 Å². The van der Waals surface area contributed by atoms with Crippen LogP contribution in [0.3, 0.4) is 0 Å². The van der Waals surface area contributed by atoms with E-state index in [1.165, 1.54) is 23.3 Å². The Bertz CT molecular complexity index is 949. The number of H-pyrrole nitrogens is 1. The molecule has 0 saturated heterocycles. The Kier molecular flexibility index (Phi) is 3.79. The molecule has 1 unspecified atom stereocenters. The Labute approximate surface area is 145 Å². The third-order valence-corrected chi connectivity index (χ3v) is 5.10. The van der Waals surface area contributed by atoms with Crippen molar-refractivity contribution in [2.24, 2.45) is 5.41 Å². The van der Waals surface area contributed by atoms with Gasteiger partial charge < -0.3 is 10.3 Å². The van der Waals surface area contributed by atoms with Crippen molar-refractivity contribution < 1.29 is 9.18 Å². The number of carbonyl (C=O) groups is 1. The summed E-state index contributed by atoms with van der Waals surface area (Å²) in [4.78, 5) is 20.2. The number of aromatic amines is 1. The normalized spacial score (nSPS) is 19.6. The number of aryl methyl sites for hydroxylation is 1. The lowest BCUT2D eigenvalue weighted by atomic mass is 9.72. The van der Waals surface area contributed by atoms with Gasteiger partial charge in [-0.25, -0.2) is 9.37 Å². The first kappa shape index (κ1) is 15.8. The number of halogens is 1. The molecule has 0 aliphatic heterocycles. The largest absolute Gasteiger partial charge is 0.348 e. The third kappa shape index (κ3) is 3.02. The van der Waals surface area contributed by atoms with Crippen LogP contribution in [0.15, 0.2) is 42.5 Å². The summed E-state index contributed by atoms with van der Waals surface area (Å²) in [5, 5.41) is 2.99. The predicted molar refractivity (Wildman–Crippen MR) is 94.5 cm³/mol. The maximum Gasteiger partial charge on any atom is 0.226 e. The number of benzene rings is 2. The lowest BCUT2D eigenvalue weighted by molar-refractivity contribution is -0.131. The molecule has 0 bridgehead atoms. The maximum absolute atomic E-state index is 13.3. The second kappa shape index (κ2) is 5.99. The van der Waals surface area contributed by atoms with Crippen LogP contribution >= 0.6 is 0 Å². The number of nitrogens with one attached hydrogen (secondary N) is 2. The number of imidazole rings is 1. The monoisotopic (exact) mass is 337 g/mol. The minimum atomic E-state index is -0.410. The van der Waals surface area contributed by atoms with Crippen LogP contribution in [0, 0.1) is 11.2 Å². The summed E-state index contributed by atoms with van der Waals surface area (Å²) in [5.41, 5.74) is 3.52. The van der Waals surface area contributed by atoms with Gasteiger partial charge in [-0.3, -0.25) is 4.79 Å². The van der Waals surface area contributed by atoms with Crippen molar-refractivity contribution in [2.75, 3.05) is 0 Å². The first-order valence-electron chi connectivity index (χ1n) is 8.53. The van der Waals surface area contributed by atoms with Crippen LogP contribution in [0.25, 0.3) is 11.0 Å². The fraction of sp³-hybridized carbons (Fsp3) is 0.300. The first-order chi connectivity index (χ1) is 12.0. The second-order valence-electron chi connectivity index (χ2n) is 7.03. The molecule has 1 aromatic heterocycles. The van der Waals surface area contributed by atoms with Gasteiger partial charge >= 0.3 is 0 Å². The molecule has 25 heavy (non-hydrogen) atoms. The molecule has 1 aliphatic carbocycles. The Hall–Kier alpha value is -2.69. The average Bonchev–Trinajstić information content (AvgIpc) is 3.01. The van der Waals surface area contributed by atoms with Gasteiger partial charge in [-0.15, -0.1) is 0 Å². The molecule has 0 radical (unpaired) electrons. The number of aromatic nitrogens is 2. The fourth-order valence-corrected chi connectivity index (χ4v) is 3.58.